The normalized spacial score (nSPS) is 16.7. The van der Waals surface area contributed by atoms with Gasteiger partial charge in [0.1, 0.15) is 11.5 Å². The molecule has 198 valence electrons. The van der Waals surface area contributed by atoms with E-state index in [1.165, 1.54) is 38.4 Å². The number of carbonyl (C=O) groups excluding carboxylic acids is 2. The van der Waals surface area contributed by atoms with Crippen LogP contribution in [0.2, 0.25) is 5.02 Å². The first-order valence-electron chi connectivity index (χ1n) is 11.8. The molecule has 4 rings (SSSR count). The summed E-state index contributed by atoms with van der Waals surface area (Å²) in [5.41, 5.74) is -0.578. The summed E-state index contributed by atoms with van der Waals surface area (Å²) in [5.74, 6) is 0.00569. The number of hydrogen-bond acceptors (Lipinski definition) is 7. The van der Waals surface area contributed by atoms with Crippen LogP contribution in [-0.4, -0.2) is 49.6 Å². The van der Waals surface area contributed by atoms with E-state index in [4.69, 9.17) is 30.5 Å². The molecule has 1 amide bonds. The first kappa shape index (κ1) is 26.9. The SMILES string of the molecule is CCOc1ccc(Cl)c(C(=O)C2(c3ccc(OC)c(OC)c3)C=C(O)C(=O)N2Cc2cccc(OC)c2)c1. The average molecular weight is 538 g/mol. The third kappa shape index (κ3) is 4.75. The van der Waals surface area contributed by atoms with E-state index in [0.29, 0.717) is 40.7 Å². The summed E-state index contributed by atoms with van der Waals surface area (Å²) in [7, 11) is 4.51. The number of halogens is 1. The van der Waals surface area contributed by atoms with Crippen molar-refractivity contribution in [1.82, 2.24) is 4.90 Å². The minimum absolute atomic E-state index is 0.0144. The third-order valence-electron chi connectivity index (χ3n) is 6.37. The highest BCUT2D eigenvalue weighted by Gasteiger charge is 2.53. The highest BCUT2D eigenvalue weighted by atomic mass is 35.5. The fourth-order valence-electron chi connectivity index (χ4n) is 4.56. The summed E-state index contributed by atoms with van der Waals surface area (Å²) in [6, 6.07) is 16.8. The minimum atomic E-state index is -1.77. The van der Waals surface area contributed by atoms with E-state index in [9.17, 15) is 14.7 Å². The number of hydrogen-bond donors (Lipinski definition) is 1. The Bertz CT molecular complexity index is 1400. The van der Waals surface area contributed by atoms with Gasteiger partial charge in [-0.05, 0) is 60.5 Å². The number of nitrogens with zero attached hydrogens (tertiary/aromatic N) is 1. The number of amides is 1. The summed E-state index contributed by atoms with van der Waals surface area (Å²) in [5, 5.41) is 10.9. The lowest BCUT2D eigenvalue weighted by atomic mass is 9.81. The zero-order chi connectivity index (χ0) is 27.4. The van der Waals surface area contributed by atoms with Crippen molar-refractivity contribution in [3.8, 4) is 23.0 Å². The summed E-state index contributed by atoms with van der Waals surface area (Å²) >= 11 is 6.52. The second-order valence-corrected chi connectivity index (χ2v) is 8.92. The molecule has 1 N–H and O–H groups in total. The standard InChI is InChI=1S/C29H28ClNO7/c1-5-38-21-10-11-23(30)22(15-21)27(33)29(19-9-12-25(36-3)26(14-19)37-4)16-24(32)28(34)31(29)17-18-7-6-8-20(13-18)35-2/h6-16,32H,5,17H2,1-4H3. The predicted molar refractivity (Wildman–Crippen MR) is 142 cm³/mol. The molecule has 0 aromatic heterocycles. The number of aliphatic hydroxyl groups excluding tert-OH is 1. The van der Waals surface area contributed by atoms with Crippen molar-refractivity contribution in [2.75, 3.05) is 27.9 Å². The van der Waals surface area contributed by atoms with Crippen molar-refractivity contribution in [2.24, 2.45) is 0 Å². The number of benzene rings is 3. The van der Waals surface area contributed by atoms with Crippen LogP contribution in [0, 0.1) is 0 Å². The van der Waals surface area contributed by atoms with Crippen LogP contribution in [0.4, 0.5) is 0 Å². The van der Waals surface area contributed by atoms with Gasteiger partial charge in [-0.3, -0.25) is 9.59 Å². The number of ketones is 1. The Morgan fingerprint density at radius 3 is 2.39 bits per heavy atom. The molecular weight excluding hydrogens is 510 g/mol. The number of carbonyl (C=O) groups is 2. The Morgan fingerprint density at radius 1 is 0.947 bits per heavy atom. The lowest BCUT2D eigenvalue weighted by Gasteiger charge is -2.37. The van der Waals surface area contributed by atoms with E-state index in [-0.39, 0.29) is 17.1 Å². The fourth-order valence-corrected chi connectivity index (χ4v) is 4.76. The van der Waals surface area contributed by atoms with Crippen LogP contribution >= 0.6 is 11.6 Å². The number of aliphatic hydroxyl groups is 1. The van der Waals surface area contributed by atoms with Gasteiger partial charge >= 0.3 is 0 Å². The Kier molecular flexibility index (Phi) is 7.83. The van der Waals surface area contributed by atoms with Crippen LogP contribution in [0.1, 0.15) is 28.4 Å². The molecular formula is C29H28ClNO7. The van der Waals surface area contributed by atoms with E-state index < -0.39 is 23.0 Å². The average Bonchev–Trinajstić information content (AvgIpc) is 3.19. The third-order valence-corrected chi connectivity index (χ3v) is 6.70. The van der Waals surface area contributed by atoms with Gasteiger partial charge in [0, 0.05) is 18.2 Å². The van der Waals surface area contributed by atoms with Gasteiger partial charge in [-0.1, -0.05) is 29.8 Å². The molecule has 3 aromatic carbocycles. The number of Topliss-reactive ketones (excluding diaryl/α,β-unsaturated/α-hetero) is 1. The van der Waals surface area contributed by atoms with Crippen molar-refractivity contribution in [3.63, 3.8) is 0 Å². The van der Waals surface area contributed by atoms with Crippen molar-refractivity contribution >= 4 is 23.3 Å². The molecule has 0 spiro atoms. The lowest BCUT2D eigenvalue weighted by molar-refractivity contribution is -0.131. The van der Waals surface area contributed by atoms with E-state index in [1.807, 2.05) is 6.92 Å². The maximum absolute atomic E-state index is 14.5. The maximum atomic E-state index is 14.5. The Hall–Kier alpha value is -4.17. The molecule has 38 heavy (non-hydrogen) atoms. The quantitative estimate of drug-likeness (QED) is 0.349. The molecule has 0 fully saturated rings. The van der Waals surface area contributed by atoms with E-state index in [1.54, 1.807) is 54.6 Å². The first-order chi connectivity index (χ1) is 18.3. The molecule has 1 aliphatic heterocycles. The van der Waals surface area contributed by atoms with Gasteiger partial charge in [0.25, 0.3) is 5.91 Å². The molecule has 0 radical (unpaired) electrons. The van der Waals surface area contributed by atoms with Crippen LogP contribution in [0.3, 0.4) is 0 Å². The van der Waals surface area contributed by atoms with Crippen LogP contribution in [-0.2, 0) is 16.9 Å². The predicted octanol–water partition coefficient (Wildman–Crippen LogP) is 5.33. The number of methoxy groups -OCH3 is 3. The topological polar surface area (TPSA) is 94.5 Å². The molecule has 1 unspecified atom stereocenters. The molecule has 0 aliphatic carbocycles. The van der Waals surface area contributed by atoms with Crippen LogP contribution in [0.5, 0.6) is 23.0 Å². The first-order valence-corrected chi connectivity index (χ1v) is 12.2. The van der Waals surface area contributed by atoms with Gasteiger partial charge in [-0.25, -0.2) is 0 Å². The van der Waals surface area contributed by atoms with Crippen molar-refractivity contribution in [1.29, 1.82) is 0 Å². The van der Waals surface area contributed by atoms with Gasteiger partial charge in [-0.2, -0.15) is 0 Å². The van der Waals surface area contributed by atoms with Crippen molar-refractivity contribution in [2.45, 2.75) is 19.0 Å². The second kappa shape index (κ2) is 11.1. The smallest absolute Gasteiger partial charge is 0.290 e. The van der Waals surface area contributed by atoms with E-state index >= 15 is 0 Å². The monoisotopic (exact) mass is 537 g/mol. The Morgan fingerprint density at radius 2 is 1.71 bits per heavy atom. The number of rotatable bonds is 10. The molecule has 3 aromatic rings. The van der Waals surface area contributed by atoms with E-state index in [2.05, 4.69) is 0 Å². The van der Waals surface area contributed by atoms with Crippen LogP contribution in [0.25, 0.3) is 0 Å². The van der Waals surface area contributed by atoms with Gasteiger partial charge in [0.05, 0.1) is 33.0 Å². The van der Waals surface area contributed by atoms with Crippen LogP contribution in [0.15, 0.2) is 72.5 Å². The molecule has 9 heteroatoms. The highest BCUT2D eigenvalue weighted by molar-refractivity contribution is 6.34. The second-order valence-electron chi connectivity index (χ2n) is 8.51. The minimum Gasteiger partial charge on any atom is -0.503 e. The van der Waals surface area contributed by atoms with Gasteiger partial charge in [-0.15, -0.1) is 0 Å². The number of ether oxygens (including phenoxy) is 4. The summed E-state index contributed by atoms with van der Waals surface area (Å²) < 4.78 is 21.8. The molecule has 0 saturated heterocycles. The molecule has 1 heterocycles. The Labute approximate surface area is 225 Å². The molecule has 1 atom stereocenters. The van der Waals surface area contributed by atoms with Gasteiger partial charge in [0.15, 0.2) is 28.6 Å². The summed E-state index contributed by atoms with van der Waals surface area (Å²) in [6.07, 6.45) is 1.25. The largest absolute Gasteiger partial charge is 0.503 e. The molecule has 8 nitrogen and oxygen atoms in total. The van der Waals surface area contributed by atoms with Crippen LogP contribution < -0.4 is 18.9 Å². The maximum Gasteiger partial charge on any atom is 0.290 e. The van der Waals surface area contributed by atoms with Crippen molar-refractivity contribution in [3.05, 3.63) is 94.2 Å². The summed E-state index contributed by atoms with van der Waals surface area (Å²) in [6.45, 7) is 2.20. The van der Waals surface area contributed by atoms with Gasteiger partial charge in [0.2, 0.25) is 0 Å². The summed E-state index contributed by atoms with van der Waals surface area (Å²) in [4.78, 5) is 29.3. The van der Waals surface area contributed by atoms with Crippen molar-refractivity contribution < 1.29 is 33.6 Å². The zero-order valence-corrected chi connectivity index (χ0v) is 22.2. The van der Waals surface area contributed by atoms with Gasteiger partial charge < -0.3 is 29.0 Å². The Balaban J connectivity index is 1.96. The highest BCUT2D eigenvalue weighted by Crippen LogP contribution is 2.45. The fraction of sp³-hybridized carbons (Fsp3) is 0.241. The molecule has 0 saturated carbocycles. The zero-order valence-electron chi connectivity index (χ0n) is 21.5. The lowest BCUT2D eigenvalue weighted by Crippen LogP contribution is -2.49. The molecule has 0 bridgehead atoms. The molecule has 1 aliphatic rings. The van der Waals surface area contributed by atoms with E-state index in [0.717, 1.165) is 0 Å².